The molecule has 2 unspecified atom stereocenters. The molecule has 0 amide bonds. The highest BCUT2D eigenvalue weighted by Crippen LogP contribution is 2.12. The predicted molar refractivity (Wildman–Crippen MR) is 126 cm³/mol. The van der Waals surface area contributed by atoms with Crippen molar-refractivity contribution in [2.45, 2.75) is 31.0 Å². The largest absolute Gasteiger partial charge is 0.329 e. The Kier molecular flexibility index (Phi) is 8.02. The Morgan fingerprint density at radius 1 is 0.742 bits per heavy atom. The highest BCUT2D eigenvalue weighted by molar-refractivity contribution is 7.91. The van der Waals surface area contributed by atoms with Crippen LogP contribution in [0.3, 0.4) is 0 Å². The van der Waals surface area contributed by atoms with Crippen LogP contribution in [0, 0.1) is 6.92 Å². The van der Waals surface area contributed by atoms with Crippen LogP contribution in [-0.2, 0) is 22.9 Å². The van der Waals surface area contributed by atoms with Crippen molar-refractivity contribution in [1.29, 1.82) is 0 Å². The van der Waals surface area contributed by atoms with Gasteiger partial charge in [0.05, 0.1) is 19.0 Å². The number of likely N-dealkylation sites (N-methyl/N-ethyl adjacent to an activating group) is 2. The van der Waals surface area contributed by atoms with Crippen molar-refractivity contribution in [3.8, 4) is 0 Å². The molecule has 0 saturated carbocycles. The van der Waals surface area contributed by atoms with E-state index in [4.69, 9.17) is 0 Å². The molecule has 3 atom stereocenters. The van der Waals surface area contributed by atoms with Gasteiger partial charge in [-0.25, -0.2) is 8.42 Å². The molecule has 0 aliphatic rings. The number of hydrogen-bond donors (Lipinski definition) is 2. The van der Waals surface area contributed by atoms with Crippen molar-refractivity contribution in [2.24, 2.45) is 0 Å². The second-order valence-corrected chi connectivity index (χ2v) is 10.7. The van der Waals surface area contributed by atoms with Gasteiger partial charge in [-0.15, -0.1) is 0 Å². The minimum atomic E-state index is -3.37. The molecule has 3 aromatic rings. The summed E-state index contributed by atoms with van der Waals surface area (Å²) < 4.78 is 26.5. The summed E-state index contributed by atoms with van der Waals surface area (Å²) in [5.74, 6) is 0.140. The van der Waals surface area contributed by atoms with Crippen molar-refractivity contribution in [1.82, 2.24) is 0 Å². The zero-order chi connectivity index (χ0) is 22.3. The Balaban J connectivity index is 1.78. The number of rotatable bonds is 10. The van der Waals surface area contributed by atoms with E-state index in [0.29, 0.717) is 4.90 Å². The lowest BCUT2D eigenvalue weighted by Gasteiger charge is -2.27. The molecule has 4 nitrogen and oxygen atoms in total. The third-order valence-electron chi connectivity index (χ3n) is 5.77. The third kappa shape index (κ3) is 7.03. The molecule has 0 aliphatic heterocycles. The van der Waals surface area contributed by atoms with Crippen molar-refractivity contribution in [2.75, 3.05) is 26.4 Å². The SMILES string of the molecule is Cc1ccc(S(=O)(=O)C[C@H](C[NH+](C)Cc2ccccc2)[NH+](C)Cc2ccccc2)cc1. The second-order valence-electron chi connectivity index (χ2n) is 8.62. The Labute approximate surface area is 187 Å². The Hall–Kier alpha value is -2.47. The topological polar surface area (TPSA) is 43.0 Å². The van der Waals surface area contributed by atoms with Gasteiger partial charge in [-0.2, -0.15) is 0 Å². The summed E-state index contributed by atoms with van der Waals surface area (Å²) >= 11 is 0. The molecule has 3 aromatic carbocycles. The molecule has 2 N–H and O–H groups in total. The van der Waals surface area contributed by atoms with Crippen LogP contribution in [0.1, 0.15) is 16.7 Å². The molecule has 5 heteroatoms. The Morgan fingerprint density at radius 3 is 1.81 bits per heavy atom. The Bertz CT molecular complexity index is 1040. The molecule has 0 spiro atoms. The molecule has 0 heterocycles. The standard InChI is InChI=1S/C26H32N2O2S/c1-22-14-16-26(17-15-22)31(29,30)21-25(28(3)19-24-12-8-5-9-13-24)20-27(2)18-23-10-6-4-7-11-23/h4-17,25H,18-21H2,1-3H3/p+2/t25-/m0/s1. The summed E-state index contributed by atoms with van der Waals surface area (Å²) in [7, 11) is 0.890. The first-order chi connectivity index (χ1) is 14.8. The summed E-state index contributed by atoms with van der Waals surface area (Å²) in [5.41, 5.74) is 3.55. The van der Waals surface area contributed by atoms with Crippen molar-refractivity contribution in [3.05, 3.63) is 102 Å². The lowest BCUT2D eigenvalue weighted by molar-refractivity contribution is -0.969. The summed E-state index contributed by atoms with van der Waals surface area (Å²) in [6.07, 6.45) is 0. The van der Waals surface area contributed by atoms with Crippen LogP contribution >= 0.6 is 0 Å². The highest BCUT2D eigenvalue weighted by atomic mass is 32.2. The van der Waals surface area contributed by atoms with Crippen LogP contribution in [0.5, 0.6) is 0 Å². The maximum atomic E-state index is 13.2. The minimum absolute atomic E-state index is 0.0183. The van der Waals surface area contributed by atoms with Gasteiger partial charge in [0.1, 0.15) is 25.4 Å². The van der Waals surface area contributed by atoms with E-state index in [2.05, 4.69) is 50.5 Å². The average Bonchev–Trinajstić information content (AvgIpc) is 2.75. The molecule has 3 rings (SSSR count). The van der Waals surface area contributed by atoms with Crippen LogP contribution < -0.4 is 9.80 Å². The monoisotopic (exact) mass is 438 g/mol. The number of nitrogens with one attached hydrogen (secondary N) is 2. The molecular weight excluding hydrogens is 404 g/mol. The van der Waals surface area contributed by atoms with Crippen LogP contribution in [-0.4, -0.2) is 40.9 Å². The number of sulfone groups is 1. The van der Waals surface area contributed by atoms with Gasteiger partial charge in [0.25, 0.3) is 0 Å². The van der Waals surface area contributed by atoms with E-state index in [-0.39, 0.29) is 11.8 Å². The van der Waals surface area contributed by atoms with Gasteiger partial charge in [0, 0.05) is 11.1 Å². The number of quaternary nitrogens is 2. The van der Waals surface area contributed by atoms with Crippen LogP contribution in [0.25, 0.3) is 0 Å². The van der Waals surface area contributed by atoms with Crippen molar-refractivity contribution < 1.29 is 18.2 Å². The highest BCUT2D eigenvalue weighted by Gasteiger charge is 2.30. The summed E-state index contributed by atoms with van der Waals surface area (Å²) in [6, 6.07) is 27.9. The van der Waals surface area contributed by atoms with E-state index in [1.807, 2.05) is 43.3 Å². The molecule has 0 fully saturated rings. The lowest BCUT2D eigenvalue weighted by Crippen LogP contribution is -3.20. The fourth-order valence-electron chi connectivity index (χ4n) is 3.98. The fraction of sp³-hybridized carbons (Fsp3) is 0.308. The quantitative estimate of drug-likeness (QED) is 0.505. The van der Waals surface area contributed by atoms with E-state index in [9.17, 15) is 8.42 Å². The molecule has 0 aromatic heterocycles. The average molecular weight is 439 g/mol. The van der Waals surface area contributed by atoms with E-state index in [0.717, 1.165) is 25.2 Å². The molecule has 0 bridgehead atoms. The van der Waals surface area contributed by atoms with Crippen LogP contribution in [0.2, 0.25) is 0 Å². The lowest BCUT2D eigenvalue weighted by atomic mass is 10.1. The second kappa shape index (κ2) is 10.7. The summed E-state index contributed by atoms with van der Waals surface area (Å²) in [5, 5.41) is 0. The summed E-state index contributed by atoms with van der Waals surface area (Å²) in [6.45, 7) is 4.42. The zero-order valence-electron chi connectivity index (χ0n) is 18.7. The first-order valence-electron chi connectivity index (χ1n) is 10.8. The third-order valence-corrected chi connectivity index (χ3v) is 7.60. The van der Waals surface area contributed by atoms with E-state index in [1.165, 1.54) is 20.9 Å². The van der Waals surface area contributed by atoms with Crippen LogP contribution in [0.15, 0.2) is 89.8 Å². The number of benzene rings is 3. The van der Waals surface area contributed by atoms with Gasteiger partial charge in [0.15, 0.2) is 15.9 Å². The Morgan fingerprint density at radius 2 is 1.26 bits per heavy atom. The molecule has 164 valence electrons. The normalized spacial score (nSPS) is 14.7. The molecular formula is C26H34N2O2S+2. The fourth-order valence-corrected chi connectivity index (χ4v) is 5.66. The van der Waals surface area contributed by atoms with E-state index in [1.54, 1.807) is 12.1 Å². The van der Waals surface area contributed by atoms with E-state index < -0.39 is 9.84 Å². The molecule has 0 saturated heterocycles. The van der Waals surface area contributed by atoms with Gasteiger partial charge in [-0.1, -0.05) is 78.4 Å². The van der Waals surface area contributed by atoms with Crippen LogP contribution in [0.4, 0.5) is 0 Å². The molecule has 0 radical (unpaired) electrons. The maximum Gasteiger partial charge on any atom is 0.184 e. The van der Waals surface area contributed by atoms with Gasteiger partial charge in [-0.05, 0) is 19.1 Å². The summed E-state index contributed by atoms with van der Waals surface area (Å²) in [4.78, 5) is 2.94. The number of aryl methyl sites for hydroxylation is 1. The van der Waals surface area contributed by atoms with Crippen molar-refractivity contribution in [3.63, 3.8) is 0 Å². The molecule has 31 heavy (non-hydrogen) atoms. The maximum absolute atomic E-state index is 13.2. The smallest absolute Gasteiger partial charge is 0.184 e. The van der Waals surface area contributed by atoms with Gasteiger partial charge >= 0.3 is 0 Å². The first kappa shape index (κ1) is 23.2. The van der Waals surface area contributed by atoms with Gasteiger partial charge < -0.3 is 9.80 Å². The van der Waals surface area contributed by atoms with E-state index >= 15 is 0 Å². The zero-order valence-corrected chi connectivity index (χ0v) is 19.5. The predicted octanol–water partition coefficient (Wildman–Crippen LogP) is 1.57. The van der Waals surface area contributed by atoms with Crippen molar-refractivity contribution >= 4 is 9.84 Å². The first-order valence-corrected chi connectivity index (χ1v) is 12.5. The number of hydrogen-bond acceptors (Lipinski definition) is 2. The minimum Gasteiger partial charge on any atom is -0.329 e. The van der Waals surface area contributed by atoms with Gasteiger partial charge in [0.2, 0.25) is 0 Å². The van der Waals surface area contributed by atoms with Gasteiger partial charge in [-0.3, -0.25) is 0 Å². The molecule has 0 aliphatic carbocycles.